The molecule has 7 nitrogen and oxygen atoms in total. The lowest BCUT2D eigenvalue weighted by Gasteiger charge is -2.06. The van der Waals surface area contributed by atoms with Crippen molar-refractivity contribution in [2.75, 3.05) is 7.11 Å². The maximum Gasteiger partial charge on any atom is 0.248 e. The number of hydrogen-bond donors (Lipinski definition) is 1. The molecule has 4 aromatic rings. The molecule has 30 heavy (non-hydrogen) atoms. The molecule has 10 heteroatoms. The third kappa shape index (κ3) is 3.54. The summed E-state index contributed by atoms with van der Waals surface area (Å²) in [6.45, 7) is 0.244. The van der Waals surface area contributed by atoms with Gasteiger partial charge in [-0.15, -0.1) is 11.3 Å². The van der Waals surface area contributed by atoms with E-state index in [1.807, 2.05) is 6.07 Å². The van der Waals surface area contributed by atoms with Gasteiger partial charge >= 0.3 is 0 Å². The van der Waals surface area contributed by atoms with Crippen LogP contribution in [-0.4, -0.2) is 25.3 Å². The van der Waals surface area contributed by atoms with E-state index < -0.39 is 15.8 Å². The van der Waals surface area contributed by atoms with Gasteiger partial charge in [0.1, 0.15) is 21.5 Å². The molecule has 0 atom stereocenters. The Labute approximate surface area is 175 Å². The van der Waals surface area contributed by atoms with Crippen LogP contribution in [0, 0.1) is 17.1 Å². The highest BCUT2D eigenvalue weighted by atomic mass is 32.2. The largest absolute Gasteiger partial charge is 0.496 e. The molecule has 2 heterocycles. The van der Waals surface area contributed by atoms with Gasteiger partial charge in [-0.25, -0.2) is 17.9 Å². The van der Waals surface area contributed by atoms with Crippen molar-refractivity contribution in [3.05, 3.63) is 64.8 Å². The number of hydrogen-bond acceptors (Lipinski definition) is 6. The molecule has 0 saturated carbocycles. The van der Waals surface area contributed by atoms with Crippen LogP contribution in [-0.2, 0) is 16.6 Å². The van der Waals surface area contributed by atoms with Crippen molar-refractivity contribution in [3.8, 4) is 23.1 Å². The van der Waals surface area contributed by atoms with Crippen LogP contribution < -0.4 is 9.88 Å². The summed E-state index contributed by atoms with van der Waals surface area (Å²) < 4.78 is 45.2. The monoisotopic (exact) mass is 442 g/mol. The highest BCUT2D eigenvalue weighted by Gasteiger charge is 2.24. The molecule has 0 spiro atoms. The average Bonchev–Trinajstić information content (AvgIpc) is 3.33. The van der Waals surface area contributed by atoms with Gasteiger partial charge in [0.2, 0.25) is 10.0 Å². The summed E-state index contributed by atoms with van der Waals surface area (Å²) >= 11 is 0.982. The fourth-order valence-corrected chi connectivity index (χ4v) is 5.10. The van der Waals surface area contributed by atoms with Gasteiger partial charge in [0.25, 0.3) is 0 Å². The van der Waals surface area contributed by atoms with Crippen LogP contribution in [0.3, 0.4) is 0 Å². The summed E-state index contributed by atoms with van der Waals surface area (Å²) in [5.41, 5.74) is 2.34. The molecule has 152 valence electrons. The molecular weight excluding hydrogens is 427 g/mol. The van der Waals surface area contributed by atoms with E-state index in [0.29, 0.717) is 27.7 Å². The second-order valence-electron chi connectivity index (χ2n) is 6.49. The van der Waals surface area contributed by atoms with Crippen LogP contribution in [0.15, 0.2) is 52.1 Å². The van der Waals surface area contributed by atoms with Crippen molar-refractivity contribution < 1.29 is 17.5 Å². The minimum atomic E-state index is -3.97. The molecule has 0 radical (unpaired) electrons. The van der Waals surface area contributed by atoms with Crippen LogP contribution in [0.2, 0.25) is 0 Å². The molecule has 2 aromatic heterocycles. The molecule has 4 rings (SSSR count). The number of fused-ring (bicyclic) bond motifs is 1. The summed E-state index contributed by atoms with van der Waals surface area (Å²) in [7, 11) is -2.57. The number of halogens is 1. The zero-order valence-electron chi connectivity index (χ0n) is 15.7. The Kier molecular flexibility index (Phi) is 5.03. The topological polar surface area (TPSA) is 111 Å². The minimum absolute atomic E-state index is 0.0353. The maximum atomic E-state index is 14.3. The van der Waals surface area contributed by atoms with Crippen molar-refractivity contribution in [1.82, 2.24) is 9.78 Å². The van der Waals surface area contributed by atoms with Crippen molar-refractivity contribution in [2.45, 2.75) is 10.8 Å². The lowest BCUT2D eigenvalue weighted by molar-refractivity contribution is 0.416. The number of sulfonamides is 1. The molecule has 0 bridgehead atoms. The summed E-state index contributed by atoms with van der Waals surface area (Å²) in [5, 5.41) is 21.2. The van der Waals surface area contributed by atoms with Gasteiger partial charge in [0, 0.05) is 17.7 Å². The number of benzene rings is 2. The van der Waals surface area contributed by atoms with Gasteiger partial charge in [-0.05, 0) is 29.1 Å². The highest BCUT2D eigenvalue weighted by molar-refractivity contribution is 7.91. The lowest BCUT2D eigenvalue weighted by Crippen LogP contribution is -2.11. The number of nitrogens with zero attached hydrogens (tertiary/aromatic N) is 3. The van der Waals surface area contributed by atoms with Crippen molar-refractivity contribution in [1.29, 1.82) is 5.26 Å². The fraction of sp³-hybridized carbons (Fsp3) is 0.100. The SMILES string of the molecule is COc1cc(F)cc2c1c(-c1ccsc1S(N)(=O)=O)nn2Cc1cccc(C#N)c1. The Morgan fingerprint density at radius 1 is 1.30 bits per heavy atom. The lowest BCUT2D eigenvalue weighted by atomic mass is 10.1. The predicted octanol–water partition coefficient (Wildman–Crippen LogP) is 3.48. The van der Waals surface area contributed by atoms with E-state index in [2.05, 4.69) is 11.2 Å². The molecule has 0 fully saturated rings. The number of ether oxygens (including phenoxy) is 1. The number of nitriles is 1. The molecule has 2 aromatic carbocycles. The number of primary sulfonamides is 1. The molecule has 0 aliphatic rings. The number of aromatic nitrogens is 2. The van der Waals surface area contributed by atoms with Crippen molar-refractivity contribution in [2.24, 2.45) is 5.14 Å². The molecule has 0 amide bonds. The third-order valence-corrected chi connectivity index (χ3v) is 6.96. The molecule has 0 aliphatic heterocycles. The first-order chi connectivity index (χ1) is 14.3. The highest BCUT2D eigenvalue weighted by Crippen LogP contribution is 2.40. The van der Waals surface area contributed by atoms with E-state index in [9.17, 15) is 12.8 Å². The Bertz CT molecular complexity index is 1420. The number of thiophene rings is 1. The van der Waals surface area contributed by atoms with Gasteiger partial charge in [0.15, 0.2) is 0 Å². The Hall–Kier alpha value is -3.26. The Balaban J connectivity index is 1.98. The van der Waals surface area contributed by atoms with E-state index in [1.165, 1.54) is 19.2 Å². The number of nitrogens with two attached hydrogens (primary N) is 1. The van der Waals surface area contributed by atoms with E-state index in [1.54, 1.807) is 34.3 Å². The van der Waals surface area contributed by atoms with Gasteiger partial charge in [-0.1, -0.05) is 12.1 Å². The van der Waals surface area contributed by atoms with E-state index in [0.717, 1.165) is 16.9 Å². The van der Waals surface area contributed by atoms with Crippen molar-refractivity contribution >= 4 is 32.3 Å². The van der Waals surface area contributed by atoms with E-state index >= 15 is 0 Å². The van der Waals surface area contributed by atoms with Gasteiger partial charge in [-0.2, -0.15) is 10.4 Å². The summed E-state index contributed by atoms with van der Waals surface area (Å²) in [6, 6.07) is 13.2. The van der Waals surface area contributed by atoms with Gasteiger partial charge < -0.3 is 4.74 Å². The van der Waals surface area contributed by atoms with Crippen LogP contribution in [0.25, 0.3) is 22.2 Å². The third-order valence-electron chi connectivity index (χ3n) is 4.53. The smallest absolute Gasteiger partial charge is 0.248 e. The first-order valence-corrected chi connectivity index (χ1v) is 11.1. The van der Waals surface area contributed by atoms with Crippen LogP contribution in [0.1, 0.15) is 11.1 Å². The Morgan fingerprint density at radius 2 is 2.10 bits per heavy atom. The maximum absolute atomic E-state index is 14.3. The van der Waals surface area contributed by atoms with Crippen LogP contribution in [0.5, 0.6) is 5.75 Å². The first kappa shape index (κ1) is 20.0. The normalized spacial score (nSPS) is 11.5. The Morgan fingerprint density at radius 3 is 2.80 bits per heavy atom. The van der Waals surface area contributed by atoms with Gasteiger partial charge in [0.05, 0.1) is 36.2 Å². The molecule has 0 saturated heterocycles. The minimum Gasteiger partial charge on any atom is -0.496 e. The molecule has 0 unspecified atom stereocenters. The van der Waals surface area contributed by atoms with Crippen LogP contribution >= 0.6 is 11.3 Å². The molecule has 0 aliphatic carbocycles. The predicted molar refractivity (Wildman–Crippen MR) is 111 cm³/mol. The van der Waals surface area contributed by atoms with Crippen LogP contribution in [0.4, 0.5) is 4.39 Å². The second kappa shape index (κ2) is 7.53. The average molecular weight is 442 g/mol. The number of methoxy groups -OCH3 is 1. The van der Waals surface area contributed by atoms with E-state index in [-0.39, 0.29) is 16.5 Å². The zero-order valence-corrected chi connectivity index (χ0v) is 17.3. The molecular formula is C20H15FN4O3S2. The van der Waals surface area contributed by atoms with E-state index in [4.69, 9.17) is 15.1 Å². The zero-order chi connectivity index (χ0) is 21.5. The van der Waals surface area contributed by atoms with Gasteiger partial charge in [-0.3, -0.25) is 4.68 Å². The number of rotatable bonds is 5. The quantitative estimate of drug-likeness (QED) is 0.509. The summed E-state index contributed by atoms with van der Waals surface area (Å²) in [5.74, 6) is -0.293. The fourth-order valence-electron chi connectivity index (χ4n) is 3.31. The molecule has 2 N–H and O–H groups in total. The summed E-state index contributed by atoms with van der Waals surface area (Å²) in [4.78, 5) is 0. The standard InChI is InChI=1S/C20H15FN4O3S2/c1-28-17-9-14(21)8-16-18(17)19(15-5-6-29-20(15)30(23,26)27)24-25(16)11-13-4-2-3-12(7-13)10-22/h2-9H,11H2,1H3,(H2,23,26,27). The first-order valence-electron chi connectivity index (χ1n) is 8.65. The summed E-state index contributed by atoms with van der Waals surface area (Å²) in [6.07, 6.45) is 0. The second-order valence-corrected chi connectivity index (χ2v) is 9.16. The van der Waals surface area contributed by atoms with Crippen molar-refractivity contribution in [3.63, 3.8) is 0 Å².